The second-order valence-electron chi connectivity index (χ2n) is 7.93. The number of anilines is 2. The minimum absolute atomic E-state index is 0.150. The average molecular weight is 426 g/mol. The standard InChI is InChI=1S/C22H24F2N6O/c1-12-17(18-8-14(23)9-19(24)20(18)28-12)6-7-26-22-27-11-13(10-25)21(30-22)29-15-2-4-16(31)5-3-15/h8-9,11,15-16,28,31H,2-7H2,1H3,(H2,26,27,29,30). The second-order valence-corrected chi connectivity index (χ2v) is 7.93. The molecule has 0 bridgehead atoms. The Balaban J connectivity index is 1.45. The third-order valence-electron chi connectivity index (χ3n) is 5.75. The number of fused-ring (bicyclic) bond motifs is 1. The number of benzene rings is 1. The van der Waals surface area contributed by atoms with E-state index in [0.29, 0.717) is 41.2 Å². The minimum atomic E-state index is -0.612. The van der Waals surface area contributed by atoms with Crippen LogP contribution in [0.5, 0.6) is 0 Å². The zero-order chi connectivity index (χ0) is 22.0. The Morgan fingerprint density at radius 1 is 1.26 bits per heavy atom. The predicted octanol–water partition coefficient (Wildman–Crippen LogP) is 3.79. The monoisotopic (exact) mass is 426 g/mol. The molecule has 31 heavy (non-hydrogen) atoms. The van der Waals surface area contributed by atoms with Crippen LogP contribution in [-0.2, 0) is 6.42 Å². The number of hydrogen-bond acceptors (Lipinski definition) is 6. The molecule has 1 aliphatic rings. The molecule has 2 heterocycles. The largest absolute Gasteiger partial charge is 0.393 e. The average Bonchev–Trinajstić information content (AvgIpc) is 3.06. The maximum absolute atomic E-state index is 14.0. The minimum Gasteiger partial charge on any atom is -0.393 e. The normalized spacial score (nSPS) is 18.7. The highest BCUT2D eigenvalue weighted by molar-refractivity contribution is 5.85. The molecule has 0 aliphatic heterocycles. The van der Waals surface area contributed by atoms with Gasteiger partial charge in [-0.15, -0.1) is 0 Å². The number of aryl methyl sites for hydroxylation is 1. The lowest BCUT2D eigenvalue weighted by Crippen LogP contribution is -2.29. The second kappa shape index (κ2) is 8.86. The van der Waals surface area contributed by atoms with E-state index in [9.17, 15) is 19.1 Å². The van der Waals surface area contributed by atoms with Crippen LogP contribution < -0.4 is 10.6 Å². The molecule has 162 valence electrons. The van der Waals surface area contributed by atoms with E-state index < -0.39 is 11.6 Å². The first kappa shape index (κ1) is 21.0. The van der Waals surface area contributed by atoms with Gasteiger partial charge in [0, 0.05) is 29.7 Å². The number of hydrogen-bond donors (Lipinski definition) is 4. The topological polar surface area (TPSA) is 110 Å². The highest BCUT2D eigenvalue weighted by Gasteiger charge is 2.21. The van der Waals surface area contributed by atoms with Crippen molar-refractivity contribution in [2.24, 2.45) is 0 Å². The third kappa shape index (κ3) is 4.59. The Morgan fingerprint density at radius 2 is 2.03 bits per heavy atom. The van der Waals surface area contributed by atoms with Crippen LogP contribution in [0.2, 0.25) is 0 Å². The van der Waals surface area contributed by atoms with Gasteiger partial charge in [0.1, 0.15) is 29.1 Å². The van der Waals surface area contributed by atoms with Gasteiger partial charge in [-0.2, -0.15) is 10.2 Å². The van der Waals surface area contributed by atoms with Crippen molar-refractivity contribution in [1.29, 1.82) is 5.26 Å². The molecule has 1 fully saturated rings. The van der Waals surface area contributed by atoms with Gasteiger partial charge >= 0.3 is 0 Å². The molecule has 0 amide bonds. The summed E-state index contributed by atoms with van der Waals surface area (Å²) in [6.45, 7) is 2.28. The number of aromatic amines is 1. The first-order valence-electron chi connectivity index (χ1n) is 10.4. The first-order valence-corrected chi connectivity index (χ1v) is 10.4. The quantitative estimate of drug-likeness (QED) is 0.478. The molecule has 1 aliphatic carbocycles. The molecule has 1 saturated carbocycles. The molecule has 0 unspecified atom stereocenters. The van der Waals surface area contributed by atoms with E-state index >= 15 is 0 Å². The van der Waals surface area contributed by atoms with E-state index in [1.807, 2.05) is 6.92 Å². The van der Waals surface area contributed by atoms with E-state index in [1.165, 1.54) is 12.3 Å². The Morgan fingerprint density at radius 3 is 2.77 bits per heavy atom. The van der Waals surface area contributed by atoms with Crippen LogP contribution in [0.4, 0.5) is 20.5 Å². The number of aliphatic hydroxyl groups is 1. The lowest BCUT2D eigenvalue weighted by molar-refractivity contribution is 0.126. The molecule has 0 spiro atoms. The number of rotatable bonds is 6. The van der Waals surface area contributed by atoms with E-state index in [-0.39, 0.29) is 12.1 Å². The van der Waals surface area contributed by atoms with E-state index in [4.69, 9.17) is 0 Å². The fraction of sp³-hybridized carbons (Fsp3) is 0.409. The summed E-state index contributed by atoms with van der Waals surface area (Å²) in [6, 6.07) is 4.45. The fourth-order valence-corrected chi connectivity index (χ4v) is 4.10. The molecule has 1 aromatic carbocycles. The number of nitriles is 1. The van der Waals surface area contributed by atoms with Crippen LogP contribution in [0.3, 0.4) is 0 Å². The van der Waals surface area contributed by atoms with Crippen molar-refractivity contribution in [2.75, 3.05) is 17.2 Å². The molecule has 7 nitrogen and oxygen atoms in total. The van der Waals surface area contributed by atoms with Gasteiger partial charge in [-0.25, -0.2) is 13.8 Å². The molecular weight excluding hydrogens is 402 g/mol. The Kier molecular flexibility index (Phi) is 6.00. The summed E-state index contributed by atoms with van der Waals surface area (Å²) in [4.78, 5) is 11.6. The number of nitrogens with one attached hydrogen (secondary N) is 3. The lowest BCUT2D eigenvalue weighted by atomic mass is 9.93. The molecule has 0 atom stereocenters. The van der Waals surface area contributed by atoms with Crippen LogP contribution in [0.25, 0.3) is 10.9 Å². The van der Waals surface area contributed by atoms with Crippen molar-refractivity contribution < 1.29 is 13.9 Å². The zero-order valence-corrected chi connectivity index (χ0v) is 17.2. The van der Waals surface area contributed by atoms with Crippen molar-refractivity contribution in [2.45, 2.75) is 51.2 Å². The molecule has 4 rings (SSSR count). The van der Waals surface area contributed by atoms with Crippen LogP contribution in [0, 0.1) is 29.9 Å². The number of H-pyrrole nitrogens is 1. The Hall–Kier alpha value is -3.25. The van der Waals surface area contributed by atoms with Gasteiger partial charge in [-0.1, -0.05) is 0 Å². The van der Waals surface area contributed by atoms with Crippen LogP contribution in [0.15, 0.2) is 18.3 Å². The molecule has 9 heteroatoms. The van der Waals surface area contributed by atoms with Crippen LogP contribution in [-0.4, -0.2) is 38.7 Å². The first-order chi connectivity index (χ1) is 14.9. The van der Waals surface area contributed by atoms with Gasteiger partial charge in [0.2, 0.25) is 5.95 Å². The van der Waals surface area contributed by atoms with Gasteiger partial charge in [-0.05, 0) is 50.7 Å². The van der Waals surface area contributed by atoms with E-state index in [0.717, 1.165) is 43.0 Å². The Labute approximate surface area is 178 Å². The summed E-state index contributed by atoms with van der Waals surface area (Å²) >= 11 is 0. The van der Waals surface area contributed by atoms with E-state index in [1.54, 1.807) is 0 Å². The van der Waals surface area contributed by atoms with Gasteiger partial charge in [0.05, 0.1) is 17.8 Å². The van der Waals surface area contributed by atoms with Gasteiger partial charge in [-0.3, -0.25) is 0 Å². The smallest absolute Gasteiger partial charge is 0.224 e. The molecular formula is C22H24F2N6O. The lowest BCUT2D eigenvalue weighted by Gasteiger charge is -2.26. The Bertz CT molecular complexity index is 1130. The summed E-state index contributed by atoms with van der Waals surface area (Å²) in [5, 5.41) is 26.0. The van der Waals surface area contributed by atoms with E-state index in [2.05, 4.69) is 31.7 Å². The molecule has 2 aromatic heterocycles. The summed E-state index contributed by atoms with van der Waals surface area (Å²) in [5.74, 6) is -0.390. The number of nitrogens with zero attached hydrogens (tertiary/aromatic N) is 3. The van der Waals surface area contributed by atoms with Crippen molar-refractivity contribution in [3.63, 3.8) is 0 Å². The van der Waals surface area contributed by atoms with Crippen molar-refractivity contribution in [3.8, 4) is 6.07 Å². The molecule has 3 aromatic rings. The van der Waals surface area contributed by atoms with Gasteiger partial charge in [0.15, 0.2) is 0 Å². The molecule has 0 radical (unpaired) electrons. The van der Waals surface area contributed by atoms with Gasteiger partial charge in [0.25, 0.3) is 0 Å². The maximum Gasteiger partial charge on any atom is 0.224 e. The SMILES string of the molecule is Cc1[nH]c2c(F)cc(F)cc2c1CCNc1ncc(C#N)c(NC2CCC(O)CC2)n1. The molecule has 0 saturated heterocycles. The number of halogens is 2. The van der Waals surface area contributed by atoms with Crippen molar-refractivity contribution >= 4 is 22.7 Å². The summed E-state index contributed by atoms with van der Waals surface area (Å²) in [7, 11) is 0. The maximum atomic E-state index is 14.0. The highest BCUT2D eigenvalue weighted by atomic mass is 19.1. The number of aromatic nitrogens is 3. The van der Waals surface area contributed by atoms with Crippen molar-refractivity contribution in [3.05, 3.63) is 46.8 Å². The van der Waals surface area contributed by atoms with Crippen molar-refractivity contribution in [1.82, 2.24) is 15.0 Å². The summed E-state index contributed by atoms with van der Waals surface area (Å²) in [6.07, 6.45) is 4.80. The van der Waals surface area contributed by atoms with Crippen LogP contribution in [0.1, 0.15) is 42.5 Å². The predicted molar refractivity (Wildman–Crippen MR) is 114 cm³/mol. The van der Waals surface area contributed by atoms with Gasteiger partial charge < -0.3 is 20.7 Å². The fourth-order valence-electron chi connectivity index (χ4n) is 4.10. The summed E-state index contributed by atoms with van der Waals surface area (Å²) in [5.41, 5.74) is 2.26. The summed E-state index contributed by atoms with van der Waals surface area (Å²) < 4.78 is 27.7. The third-order valence-corrected chi connectivity index (χ3v) is 5.75. The molecule has 4 N–H and O–H groups in total. The highest BCUT2D eigenvalue weighted by Crippen LogP contribution is 2.26. The zero-order valence-electron chi connectivity index (χ0n) is 17.2. The van der Waals surface area contributed by atoms with Crippen LogP contribution >= 0.6 is 0 Å². The number of aliphatic hydroxyl groups excluding tert-OH is 1.